The third-order valence-corrected chi connectivity index (χ3v) is 3.53. The van der Waals surface area contributed by atoms with Crippen molar-refractivity contribution in [2.45, 2.75) is 6.42 Å². The van der Waals surface area contributed by atoms with E-state index in [1.807, 2.05) is 36.4 Å². The minimum atomic E-state index is -1.02. The third-order valence-electron chi connectivity index (χ3n) is 3.53. The second kappa shape index (κ2) is 5.81. The molecule has 0 unspecified atom stereocenters. The van der Waals surface area contributed by atoms with Gasteiger partial charge >= 0.3 is 5.97 Å². The van der Waals surface area contributed by atoms with Crippen molar-refractivity contribution < 1.29 is 14.6 Å². The molecule has 1 N–H and O–H groups in total. The number of carbonyl (C=O) groups is 1. The van der Waals surface area contributed by atoms with Crippen LogP contribution in [0.15, 0.2) is 59.5 Å². The Kier molecular flexibility index (Phi) is 3.70. The molecule has 110 valence electrons. The Bertz CT molecular complexity index is 762. The zero-order chi connectivity index (χ0) is 15.5. The number of pyridine rings is 1. The number of hydrogen-bond donors (Lipinski definition) is 1. The minimum Gasteiger partial charge on any atom is -0.497 e. The molecule has 3 rings (SSSR count). The van der Waals surface area contributed by atoms with Gasteiger partial charge in [-0.25, -0.2) is 9.79 Å². The highest BCUT2D eigenvalue weighted by molar-refractivity contribution is 6.15. The largest absolute Gasteiger partial charge is 0.497 e. The van der Waals surface area contributed by atoms with E-state index in [-0.39, 0.29) is 5.70 Å². The van der Waals surface area contributed by atoms with E-state index < -0.39 is 5.97 Å². The van der Waals surface area contributed by atoms with Crippen LogP contribution in [0.2, 0.25) is 0 Å². The number of rotatable bonds is 4. The maximum Gasteiger partial charge on any atom is 0.354 e. The van der Waals surface area contributed by atoms with Crippen LogP contribution in [-0.2, 0) is 4.79 Å². The maximum absolute atomic E-state index is 11.5. The van der Waals surface area contributed by atoms with E-state index in [1.165, 1.54) is 0 Å². The number of benzene rings is 1. The summed E-state index contributed by atoms with van der Waals surface area (Å²) in [6.07, 6.45) is 3.82. The number of hydrogen-bond acceptors (Lipinski definition) is 4. The molecular formula is C17H14N2O3. The van der Waals surface area contributed by atoms with Crippen LogP contribution in [0.25, 0.3) is 5.57 Å². The van der Waals surface area contributed by atoms with Crippen LogP contribution >= 0.6 is 0 Å². The predicted molar refractivity (Wildman–Crippen MR) is 82.9 cm³/mol. The van der Waals surface area contributed by atoms with Crippen LogP contribution < -0.4 is 4.74 Å². The van der Waals surface area contributed by atoms with Crippen molar-refractivity contribution in [1.29, 1.82) is 0 Å². The van der Waals surface area contributed by atoms with E-state index >= 15 is 0 Å². The maximum atomic E-state index is 11.5. The van der Waals surface area contributed by atoms with Crippen LogP contribution in [0, 0.1) is 0 Å². The average molecular weight is 294 g/mol. The number of allylic oxidation sites excluding steroid dienone is 1. The second-order valence-electron chi connectivity index (χ2n) is 4.83. The van der Waals surface area contributed by atoms with Crippen molar-refractivity contribution in [2.24, 2.45) is 4.99 Å². The highest BCUT2D eigenvalue weighted by Crippen LogP contribution is 2.32. The molecule has 0 aliphatic carbocycles. The molecular weight excluding hydrogens is 280 g/mol. The van der Waals surface area contributed by atoms with Crippen molar-refractivity contribution in [2.75, 3.05) is 7.11 Å². The summed E-state index contributed by atoms with van der Waals surface area (Å²) in [7, 11) is 1.59. The standard InChI is InChI=1S/C17H14N2O3/c1-22-13-4-2-11(3-5-13)14-10-15(19-16(14)17(20)21)12-6-8-18-9-7-12/h2-9H,10H2,1H3,(H,20,21). The summed E-state index contributed by atoms with van der Waals surface area (Å²) in [6, 6.07) is 11.0. The Morgan fingerprint density at radius 3 is 2.36 bits per heavy atom. The highest BCUT2D eigenvalue weighted by atomic mass is 16.5. The van der Waals surface area contributed by atoms with Gasteiger partial charge in [0.1, 0.15) is 5.75 Å². The molecule has 1 aromatic heterocycles. The van der Waals surface area contributed by atoms with Gasteiger partial charge in [0.25, 0.3) is 0 Å². The summed E-state index contributed by atoms with van der Waals surface area (Å²) >= 11 is 0. The van der Waals surface area contributed by atoms with Gasteiger partial charge in [-0.3, -0.25) is 4.98 Å². The van der Waals surface area contributed by atoms with E-state index in [9.17, 15) is 9.90 Å². The lowest BCUT2D eigenvalue weighted by Crippen LogP contribution is -1.98. The van der Waals surface area contributed by atoms with Gasteiger partial charge < -0.3 is 9.84 Å². The summed E-state index contributed by atoms with van der Waals surface area (Å²) in [5.41, 5.74) is 3.27. The highest BCUT2D eigenvalue weighted by Gasteiger charge is 2.24. The monoisotopic (exact) mass is 294 g/mol. The van der Waals surface area contributed by atoms with Crippen LogP contribution in [0.1, 0.15) is 17.5 Å². The predicted octanol–water partition coefficient (Wildman–Crippen LogP) is 2.78. The Morgan fingerprint density at radius 2 is 1.77 bits per heavy atom. The van der Waals surface area contributed by atoms with Gasteiger partial charge in [0.15, 0.2) is 5.70 Å². The van der Waals surface area contributed by atoms with Crippen molar-refractivity contribution in [1.82, 2.24) is 4.98 Å². The Labute approximate surface area is 127 Å². The number of methoxy groups -OCH3 is 1. The second-order valence-corrected chi connectivity index (χ2v) is 4.83. The number of ether oxygens (including phenoxy) is 1. The topological polar surface area (TPSA) is 71.8 Å². The SMILES string of the molecule is COc1ccc(C2=C(C(=O)O)N=C(c3ccncc3)C2)cc1. The molecule has 5 heteroatoms. The lowest BCUT2D eigenvalue weighted by Gasteiger charge is -2.06. The third kappa shape index (κ3) is 2.61. The number of aromatic nitrogens is 1. The molecule has 0 saturated carbocycles. The fourth-order valence-corrected chi connectivity index (χ4v) is 2.41. The van der Waals surface area contributed by atoms with Crippen LogP contribution in [0.5, 0.6) is 5.75 Å². The molecule has 1 aromatic carbocycles. The molecule has 0 bridgehead atoms. The lowest BCUT2D eigenvalue weighted by molar-refractivity contribution is -0.132. The summed E-state index contributed by atoms with van der Waals surface area (Å²) < 4.78 is 5.13. The number of carboxylic acids is 1. The van der Waals surface area contributed by atoms with Crippen LogP contribution in [0.3, 0.4) is 0 Å². The quantitative estimate of drug-likeness (QED) is 0.941. The normalized spacial score (nSPS) is 14.0. The summed E-state index contributed by atoms with van der Waals surface area (Å²) in [5, 5.41) is 9.41. The molecule has 1 aliphatic heterocycles. The molecule has 0 saturated heterocycles. The van der Waals surface area contributed by atoms with E-state index in [2.05, 4.69) is 9.98 Å². The van der Waals surface area contributed by atoms with E-state index in [0.29, 0.717) is 12.0 Å². The van der Waals surface area contributed by atoms with Crippen LogP contribution in [0.4, 0.5) is 0 Å². The molecule has 1 aliphatic rings. The van der Waals surface area contributed by atoms with Gasteiger partial charge in [-0.05, 0) is 41.0 Å². The molecule has 0 amide bonds. The van der Waals surface area contributed by atoms with Gasteiger partial charge in [0.05, 0.1) is 12.8 Å². The summed E-state index contributed by atoms with van der Waals surface area (Å²) in [4.78, 5) is 19.7. The fraction of sp³-hybridized carbons (Fsp3) is 0.118. The first-order valence-electron chi connectivity index (χ1n) is 6.78. The van der Waals surface area contributed by atoms with Gasteiger partial charge in [-0.15, -0.1) is 0 Å². The molecule has 0 atom stereocenters. The van der Waals surface area contributed by atoms with Crippen molar-refractivity contribution in [3.05, 3.63) is 65.6 Å². The van der Waals surface area contributed by atoms with Gasteiger partial charge in [-0.1, -0.05) is 12.1 Å². The molecule has 2 aromatic rings. The zero-order valence-electron chi connectivity index (χ0n) is 12.0. The molecule has 5 nitrogen and oxygen atoms in total. The Hall–Kier alpha value is -2.95. The number of carboxylic acid groups (broad SMARTS) is 1. The van der Waals surface area contributed by atoms with E-state index in [1.54, 1.807) is 19.5 Å². The lowest BCUT2D eigenvalue weighted by atomic mass is 9.98. The Morgan fingerprint density at radius 1 is 1.09 bits per heavy atom. The first kappa shape index (κ1) is 14.0. The molecule has 0 fully saturated rings. The average Bonchev–Trinajstić information content (AvgIpc) is 3.01. The van der Waals surface area contributed by atoms with Crippen molar-refractivity contribution in [3.8, 4) is 5.75 Å². The number of aliphatic carboxylic acids is 1. The van der Waals surface area contributed by atoms with Gasteiger partial charge in [-0.2, -0.15) is 0 Å². The van der Waals surface area contributed by atoms with Gasteiger partial charge in [0, 0.05) is 18.8 Å². The zero-order valence-corrected chi connectivity index (χ0v) is 12.0. The molecule has 0 radical (unpaired) electrons. The first-order chi connectivity index (χ1) is 10.7. The smallest absolute Gasteiger partial charge is 0.354 e. The van der Waals surface area contributed by atoms with Crippen molar-refractivity contribution in [3.63, 3.8) is 0 Å². The summed E-state index contributed by atoms with van der Waals surface area (Å²) in [5.74, 6) is -0.288. The van der Waals surface area contributed by atoms with Crippen molar-refractivity contribution >= 4 is 17.3 Å². The molecule has 0 spiro atoms. The minimum absolute atomic E-state index is 0.0944. The summed E-state index contributed by atoms with van der Waals surface area (Å²) in [6.45, 7) is 0. The Balaban J connectivity index is 1.97. The molecule has 22 heavy (non-hydrogen) atoms. The number of aliphatic imine (C=N–C) groups is 1. The van der Waals surface area contributed by atoms with Gasteiger partial charge in [0.2, 0.25) is 0 Å². The molecule has 2 heterocycles. The van der Waals surface area contributed by atoms with Crippen LogP contribution in [-0.4, -0.2) is 28.9 Å². The first-order valence-corrected chi connectivity index (χ1v) is 6.78. The van der Waals surface area contributed by atoms with E-state index in [4.69, 9.17) is 4.74 Å². The fourth-order valence-electron chi connectivity index (χ4n) is 2.41. The number of nitrogens with zero attached hydrogens (tertiary/aromatic N) is 2. The van der Waals surface area contributed by atoms with E-state index in [0.717, 1.165) is 22.6 Å².